The van der Waals surface area contributed by atoms with E-state index in [0.717, 1.165) is 44.9 Å². The Hall–Kier alpha value is -1.50. The number of ketones is 1. The lowest BCUT2D eigenvalue weighted by molar-refractivity contribution is -0.200. The van der Waals surface area contributed by atoms with E-state index in [1.165, 1.54) is 0 Å². The lowest BCUT2D eigenvalue weighted by Gasteiger charge is -2.63. The van der Waals surface area contributed by atoms with Crippen LogP contribution < -0.4 is 0 Å². The summed E-state index contributed by atoms with van der Waals surface area (Å²) in [7, 11) is 1.64. The molecule has 4 fully saturated rings. The molecule has 1 spiro atoms. The topological polar surface area (TPSA) is 71.1 Å². The number of hydrogen-bond acceptors (Lipinski definition) is 6. The van der Waals surface area contributed by atoms with E-state index in [2.05, 4.69) is 27.0 Å². The molecule has 0 aromatic carbocycles. The Kier molecular flexibility index (Phi) is 6.67. The van der Waals surface area contributed by atoms with E-state index in [4.69, 9.17) is 18.9 Å². The van der Waals surface area contributed by atoms with Gasteiger partial charge in [-0.3, -0.25) is 9.59 Å². The average Bonchev–Trinajstić information content (AvgIpc) is 2.94. The summed E-state index contributed by atoms with van der Waals surface area (Å²) < 4.78 is 22.4. The number of methoxy groups -OCH3 is 1. The van der Waals surface area contributed by atoms with Gasteiger partial charge < -0.3 is 18.9 Å². The molecule has 0 saturated heterocycles. The van der Waals surface area contributed by atoms with Gasteiger partial charge in [0.15, 0.2) is 5.78 Å². The lowest BCUT2D eigenvalue weighted by atomic mass is 9.40. The summed E-state index contributed by atoms with van der Waals surface area (Å²) in [6, 6.07) is 0. The molecule has 0 heterocycles. The van der Waals surface area contributed by atoms with Gasteiger partial charge in [-0.2, -0.15) is 0 Å². The van der Waals surface area contributed by atoms with Crippen LogP contribution in [0.5, 0.6) is 0 Å². The highest BCUT2D eigenvalue weighted by Crippen LogP contribution is 2.72. The Bertz CT molecular complexity index is 821. The van der Waals surface area contributed by atoms with Gasteiger partial charge in [-0.05, 0) is 69.1 Å². The van der Waals surface area contributed by atoms with E-state index in [-0.39, 0.29) is 42.4 Å². The fourth-order valence-electron chi connectivity index (χ4n) is 8.21. The van der Waals surface area contributed by atoms with Crippen molar-refractivity contribution in [3.63, 3.8) is 0 Å². The van der Waals surface area contributed by atoms with Crippen molar-refractivity contribution in [3.05, 3.63) is 24.8 Å². The number of hydrogen-bond donors (Lipinski definition) is 0. The summed E-state index contributed by atoms with van der Waals surface area (Å²) in [5, 5.41) is 0. The fraction of sp³-hybridized carbons (Fsp3) is 0.778. The van der Waals surface area contributed by atoms with Crippen molar-refractivity contribution in [2.24, 2.45) is 28.1 Å². The molecule has 6 nitrogen and oxygen atoms in total. The Labute approximate surface area is 198 Å². The molecule has 6 atom stereocenters. The highest BCUT2D eigenvalue weighted by molar-refractivity contribution is 6.05. The zero-order valence-corrected chi connectivity index (χ0v) is 20.6. The molecule has 0 aromatic heterocycles. The summed E-state index contributed by atoms with van der Waals surface area (Å²) >= 11 is 0. The van der Waals surface area contributed by atoms with E-state index in [1.54, 1.807) is 13.2 Å². The van der Waals surface area contributed by atoms with Crippen LogP contribution in [0, 0.1) is 28.1 Å². The predicted molar refractivity (Wildman–Crippen MR) is 124 cm³/mol. The summed E-state index contributed by atoms with van der Waals surface area (Å²) in [6.07, 6.45) is 8.51. The standard InChI is InChI=1S/C27H40O6/c1-6-14-32-23(29)25(4)11-7-10-24(3)20(25)8-12-26-17-27(13-9-21(24)26,19(2)22(26)28)33-18-31-16-15-30-5/h6,20-21H,1-2,7-18H2,3-5H3/t20-,21-,24+,25+,26+,27-/m0/s1. The molecular weight excluding hydrogens is 420 g/mol. The molecule has 33 heavy (non-hydrogen) atoms. The first-order valence-corrected chi connectivity index (χ1v) is 12.4. The molecule has 0 aliphatic heterocycles. The molecule has 6 heteroatoms. The number of carbonyl (C=O) groups is 2. The Morgan fingerprint density at radius 3 is 2.61 bits per heavy atom. The fourth-order valence-corrected chi connectivity index (χ4v) is 8.21. The Morgan fingerprint density at radius 2 is 1.88 bits per heavy atom. The molecule has 0 unspecified atom stereocenters. The number of esters is 1. The quantitative estimate of drug-likeness (QED) is 0.164. The van der Waals surface area contributed by atoms with Crippen LogP contribution in [-0.4, -0.2) is 51.1 Å². The van der Waals surface area contributed by atoms with Crippen LogP contribution in [0.15, 0.2) is 24.8 Å². The van der Waals surface area contributed by atoms with Gasteiger partial charge in [0.2, 0.25) is 0 Å². The third-order valence-electron chi connectivity index (χ3n) is 9.68. The molecule has 2 bridgehead atoms. The summed E-state index contributed by atoms with van der Waals surface area (Å²) in [4.78, 5) is 27.0. The van der Waals surface area contributed by atoms with Crippen molar-refractivity contribution in [2.45, 2.75) is 70.8 Å². The van der Waals surface area contributed by atoms with Crippen molar-refractivity contribution >= 4 is 11.8 Å². The second-order valence-corrected chi connectivity index (χ2v) is 11.1. The predicted octanol–water partition coefficient (Wildman–Crippen LogP) is 4.62. The van der Waals surface area contributed by atoms with Crippen LogP contribution in [-0.2, 0) is 28.5 Å². The number of carbonyl (C=O) groups excluding carboxylic acids is 2. The van der Waals surface area contributed by atoms with Crippen molar-refractivity contribution in [3.8, 4) is 0 Å². The molecule has 4 saturated carbocycles. The van der Waals surface area contributed by atoms with Crippen LogP contribution in [0.3, 0.4) is 0 Å². The first-order chi connectivity index (χ1) is 15.7. The largest absolute Gasteiger partial charge is 0.461 e. The van der Waals surface area contributed by atoms with Crippen LogP contribution in [0.1, 0.15) is 65.2 Å². The zero-order chi connectivity index (χ0) is 23.9. The second kappa shape index (κ2) is 8.94. The van der Waals surface area contributed by atoms with Crippen LogP contribution >= 0.6 is 0 Å². The maximum Gasteiger partial charge on any atom is 0.312 e. The maximum absolute atomic E-state index is 13.8. The minimum absolute atomic E-state index is 0.0835. The zero-order valence-electron chi connectivity index (χ0n) is 20.6. The molecule has 0 aromatic rings. The SMILES string of the molecule is C=CCOC(=O)[C@]1(C)CCC[C@@]2(C)[C@@H]3CC[C@]4(OCOCCOC)C[C@@]3(CC[C@@H]21)C(=O)C4=C. The Balaban J connectivity index is 1.58. The molecule has 4 rings (SSSR count). The minimum atomic E-state index is -0.620. The molecular formula is C27H40O6. The van der Waals surface area contributed by atoms with Gasteiger partial charge in [0.25, 0.3) is 0 Å². The minimum Gasteiger partial charge on any atom is -0.461 e. The van der Waals surface area contributed by atoms with Crippen molar-refractivity contribution in [2.75, 3.05) is 33.7 Å². The van der Waals surface area contributed by atoms with Crippen molar-refractivity contribution in [1.29, 1.82) is 0 Å². The van der Waals surface area contributed by atoms with Crippen molar-refractivity contribution in [1.82, 2.24) is 0 Å². The molecule has 0 radical (unpaired) electrons. The van der Waals surface area contributed by atoms with E-state index in [1.807, 2.05) is 0 Å². The maximum atomic E-state index is 13.8. The number of rotatable bonds is 9. The number of Topliss-reactive ketones (excluding diaryl/α,β-unsaturated/α-hetero) is 1. The van der Waals surface area contributed by atoms with E-state index in [0.29, 0.717) is 25.2 Å². The van der Waals surface area contributed by atoms with Gasteiger partial charge in [-0.25, -0.2) is 0 Å². The first kappa shape index (κ1) is 24.6. The molecule has 0 N–H and O–H groups in total. The second-order valence-electron chi connectivity index (χ2n) is 11.1. The molecule has 4 aliphatic rings. The Morgan fingerprint density at radius 1 is 1.12 bits per heavy atom. The van der Waals surface area contributed by atoms with E-state index < -0.39 is 16.4 Å². The van der Waals surface area contributed by atoms with Crippen molar-refractivity contribution < 1.29 is 28.5 Å². The number of ether oxygens (including phenoxy) is 4. The van der Waals surface area contributed by atoms with Gasteiger partial charge in [-0.15, -0.1) is 0 Å². The number of fused-ring (bicyclic) bond motifs is 3. The average molecular weight is 461 g/mol. The van der Waals surface area contributed by atoms with Crippen LogP contribution in [0.4, 0.5) is 0 Å². The third-order valence-corrected chi connectivity index (χ3v) is 9.68. The first-order valence-electron chi connectivity index (χ1n) is 12.4. The van der Waals surface area contributed by atoms with Gasteiger partial charge in [-0.1, -0.05) is 32.6 Å². The van der Waals surface area contributed by atoms with E-state index in [9.17, 15) is 9.59 Å². The summed E-state index contributed by atoms with van der Waals surface area (Å²) in [5.74, 6) is 0.508. The third kappa shape index (κ3) is 3.64. The monoisotopic (exact) mass is 460 g/mol. The molecule has 184 valence electrons. The van der Waals surface area contributed by atoms with Gasteiger partial charge in [0, 0.05) is 18.1 Å². The smallest absolute Gasteiger partial charge is 0.312 e. The molecule has 4 aliphatic carbocycles. The summed E-state index contributed by atoms with van der Waals surface area (Å²) in [5.41, 5.74) is -1.04. The molecule has 0 amide bonds. The highest BCUT2D eigenvalue weighted by Gasteiger charge is 2.71. The van der Waals surface area contributed by atoms with Gasteiger partial charge >= 0.3 is 5.97 Å². The van der Waals surface area contributed by atoms with Crippen LogP contribution in [0.2, 0.25) is 0 Å². The van der Waals surface area contributed by atoms with Crippen LogP contribution in [0.25, 0.3) is 0 Å². The normalized spacial score (nSPS) is 41.9. The van der Waals surface area contributed by atoms with E-state index >= 15 is 0 Å². The lowest BCUT2D eigenvalue weighted by Crippen LogP contribution is -2.60. The highest BCUT2D eigenvalue weighted by atomic mass is 16.7. The summed E-state index contributed by atoms with van der Waals surface area (Å²) in [6.45, 7) is 13.7. The van der Waals surface area contributed by atoms with Gasteiger partial charge in [0.1, 0.15) is 13.4 Å². The van der Waals surface area contributed by atoms with Gasteiger partial charge in [0.05, 0.1) is 24.2 Å².